The topological polar surface area (TPSA) is 54.7 Å². The largest absolute Gasteiger partial charge is 0.469 e. The van der Waals surface area contributed by atoms with Crippen molar-refractivity contribution in [2.75, 3.05) is 32.8 Å². The molecule has 5 heteroatoms. The minimum absolute atomic E-state index is 0.0237. The molecule has 1 saturated carbocycles. The predicted molar refractivity (Wildman–Crippen MR) is 84.0 cm³/mol. The van der Waals surface area contributed by atoms with Gasteiger partial charge in [-0.15, -0.1) is 0 Å². The van der Waals surface area contributed by atoms with Crippen molar-refractivity contribution in [3.63, 3.8) is 0 Å². The quantitative estimate of drug-likeness (QED) is 0.928. The molecule has 0 unspecified atom stereocenters. The van der Waals surface area contributed by atoms with Crippen LogP contribution in [0.25, 0.3) is 0 Å². The lowest BCUT2D eigenvalue weighted by Crippen LogP contribution is -2.59. The lowest BCUT2D eigenvalue weighted by atomic mass is 9.79. The van der Waals surface area contributed by atoms with Crippen molar-refractivity contribution < 1.29 is 13.9 Å². The molecular weight excluding hydrogens is 280 g/mol. The lowest BCUT2D eigenvalue weighted by molar-refractivity contribution is -0.0361. The van der Waals surface area contributed by atoms with Crippen LogP contribution < -0.4 is 5.32 Å². The summed E-state index contributed by atoms with van der Waals surface area (Å²) < 4.78 is 10.7. The molecule has 1 aliphatic carbocycles. The first-order valence-corrected chi connectivity index (χ1v) is 8.36. The molecule has 0 aromatic carbocycles. The summed E-state index contributed by atoms with van der Waals surface area (Å²) in [5, 5.41) is 3.15. The van der Waals surface area contributed by atoms with Gasteiger partial charge in [0, 0.05) is 25.2 Å². The highest BCUT2D eigenvalue weighted by molar-refractivity contribution is 5.95. The number of morpholine rings is 1. The van der Waals surface area contributed by atoms with Crippen LogP contribution in [0.2, 0.25) is 0 Å². The highest BCUT2D eigenvalue weighted by Gasteiger charge is 2.38. The number of hydrogen-bond acceptors (Lipinski definition) is 4. The average Bonchev–Trinajstić information content (AvgIpc) is 3.00. The summed E-state index contributed by atoms with van der Waals surface area (Å²) in [6.45, 7) is 6.10. The number of hydrogen-bond donors (Lipinski definition) is 1. The molecule has 2 aliphatic rings. The molecule has 0 bridgehead atoms. The van der Waals surface area contributed by atoms with E-state index in [2.05, 4.69) is 10.2 Å². The predicted octanol–water partition coefficient (Wildman–Crippen LogP) is 2.35. The zero-order valence-corrected chi connectivity index (χ0v) is 13.4. The highest BCUT2D eigenvalue weighted by Crippen LogP contribution is 2.34. The van der Waals surface area contributed by atoms with Crippen molar-refractivity contribution in [2.24, 2.45) is 0 Å². The number of nitrogens with one attached hydrogen (secondary N) is 1. The van der Waals surface area contributed by atoms with Crippen molar-refractivity contribution in [3.8, 4) is 0 Å². The van der Waals surface area contributed by atoms with Crippen molar-refractivity contribution in [1.29, 1.82) is 0 Å². The van der Waals surface area contributed by atoms with Crippen LogP contribution in [0.1, 0.15) is 48.2 Å². The Hall–Kier alpha value is -1.33. The van der Waals surface area contributed by atoms with Crippen LogP contribution in [-0.2, 0) is 4.74 Å². The molecule has 122 valence electrons. The second kappa shape index (κ2) is 6.84. The van der Waals surface area contributed by atoms with E-state index < -0.39 is 0 Å². The summed E-state index contributed by atoms with van der Waals surface area (Å²) in [7, 11) is 0. The molecule has 0 atom stereocenters. The van der Waals surface area contributed by atoms with Gasteiger partial charge in [-0.2, -0.15) is 0 Å². The minimum atomic E-state index is -0.0237. The maximum atomic E-state index is 12.4. The molecular formula is C17H26N2O3. The van der Waals surface area contributed by atoms with E-state index in [-0.39, 0.29) is 11.4 Å². The van der Waals surface area contributed by atoms with Crippen molar-refractivity contribution >= 4 is 5.91 Å². The number of carbonyl (C=O) groups excluding carboxylic acids is 1. The van der Waals surface area contributed by atoms with E-state index in [0.29, 0.717) is 11.3 Å². The zero-order valence-electron chi connectivity index (χ0n) is 13.4. The lowest BCUT2D eigenvalue weighted by Gasteiger charge is -2.48. The van der Waals surface area contributed by atoms with E-state index in [1.165, 1.54) is 19.3 Å². The molecule has 1 N–H and O–H groups in total. The Bertz CT molecular complexity index is 500. The molecule has 1 saturated heterocycles. The molecule has 0 spiro atoms. The van der Waals surface area contributed by atoms with E-state index in [1.807, 2.05) is 6.92 Å². The number of furan rings is 1. The molecule has 22 heavy (non-hydrogen) atoms. The van der Waals surface area contributed by atoms with Gasteiger partial charge in [-0.05, 0) is 25.8 Å². The Balaban J connectivity index is 1.67. The maximum Gasteiger partial charge on any atom is 0.254 e. The average molecular weight is 306 g/mol. The van der Waals surface area contributed by atoms with E-state index in [0.717, 1.165) is 45.7 Å². The summed E-state index contributed by atoms with van der Waals surface area (Å²) >= 11 is 0. The molecule has 0 radical (unpaired) electrons. The third kappa shape index (κ3) is 3.20. The number of rotatable bonds is 4. The maximum absolute atomic E-state index is 12.4. The summed E-state index contributed by atoms with van der Waals surface area (Å²) in [6.07, 6.45) is 7.70. The SMILES string of the molecule is Cc1occc1C(=O)NCC1(N2CCOCC2)CCCCC1. The summed E-state index contributed by atoms with van der Waals surface area (Å²) in [6, 6.07) is 1.74. The number of aryl methyl sites for hydroxylation is 1. The fourth-order valence-electron chi connectivity index (χ4n) is 3.81. The third-order valence-electron chi connectivity index (χ3n) is 5.15. The van der Waals surface area contributed by atoms with Crippen molar-refractivity contribution in [3.05, 3.63) is 23.7 Å². The molecule has 1 amide bonds. The first-order valence-electron chi connectivity index (χ1n) is 8.36. The van der Waals surface area contributed by atoms with E-state index >= 15 is 0 Å². The van der Waals surface area contributed by atoms with Gasteiger partial charge < -0.3 is 14.5 Å². The smallest absolute Gasteiger partial charge is 0.254 e. The van der Waals surface area contributed by atoms with Crippen LogP contribution in [-0.4, -0.2) is 49.2 Å². The van der Waals surface area contributed by atoms with E-state index in [1.54, 1.807) is 12.3 Å². The molecule has 1 aromatic heterocycles. The summed E-state index contributed by atoms with van der Waals surface area (Å²) in [4.78, 5) is 14.9. The first-order chi connectivity index (χ1) is 10.7. The summed E-state index contributed by atoms with van der Waals surface area (Å²) in [5.74, 6) is 0.658. The Morgan fingerprint density at radius 2 is 2.00 bits per heavy atom. The van der Waals surface area contributed by atoms with E-state index in [4.69, 9.17) is 9.15 Å². The monoisotopic (exact) mass is 306 g/mol. The van der Waals surface area contributed by atoms with Gasteiger partial charge in [0.25, 0.3) is 5.91 Å². The van der Waals surface area contributed by atoms with Gasteiger partial charge in [0.1, 0.15) is 5.76 Å². The second-order valence-electron chi connectivity index (χ2n) is 6.46. The molecule has 2 fully saturated rings. The summed E-state index contributed by atoms with van der Waals surface area (Å²) in [5.41, 5.74) is 0.753. The van der Waals surface area contributed by atoms with Gasteiger partial charge in [-0.1, -0.05) is 19.3 Å². The first kappa shape index (κ1) is 15.6. The van der Waals surface area contributed by atoms with Gasteiger partial charge in [-0.3, -0.25) is 9.69 Å². The Morgan fingerprint density at radius 1 is 1.27 bits per heavy atom. The molecule has 5 nitrogen and oxygen atoms in total. The van der Waals surface area contributed by atoms with E-state index in [9.17, 15) is 4.79 Å². The Morgan fingerprint density at radius 3 is 2.64 bits per heavy atom. The van der Waals surface area contributed by atoms with Crippen LogP contribution in [0.5, 0.6) is 0 Å². The van der Waals surface area contributed by atoms with Crippen LogP contribution >= 0.6 is 0 Å². The number of carbonyl (C=O) groups is 1. The van der Waals surface area contributed by atoms with Gasteiger partial charge >= 0.3 is 0 Å². The number of nitrogens with zero attached hydrogens (tertiary/aromatic N) is 1. The number of ether oxygens (including phenoxy) is 1. The van der Waals surface area contributed by atoms with Gasteiger partial charge in [0.15, 0.2) is 0 Å². The molecule has 1 aromatic rings. The fourth-order valence-corrected chi connectivity index (χ4v) is 3.81. The molecule has 3 rings (SSSR count). The van der Waals surface area contributed by atoms with Gasteiger partial charge in [0.05, 0.1) is 25.0 Å². The number of amides is 1. The van der Waals surface area contributed by atoms with Gasteiger partial charge in [0.2, 0.25) is 0 Å². The normalized spacial score (nSPS) is 22.4. The molecule has 2 heterocycles. The third-order valence-corrected chi connectivity index (χ3v) is 5.15. The zero-order chi connectivity index (χ0) is 15.4. The van der Waals surface area contributed by atoms with Crippen LogP contribution in [0.4, 0.5) is 0 Å². The molecule has 1 aliphatic heterocycles. The second-order valence-corrected chi connectivity index (χ2v) is 6.46. The minimum Gasteiger partial charge on any atom is -0.469 e. The van der Waals surface area contributed by atoms with Crippen molar-refractivity contribution in [2.45, 2.75) is 44.6 Å². The Kier molecular flexibility index (Phi) is 4.84. The fraction of sp³-hybridized carbons (Fsp3) is 0.706. The van der Waals surface area contributed by atoms with Crippen LogP contribution in [0, 0.1) is 6.92 Å². The van der Waals surface area contributed by atoms with Crippen molar-refractivity contribution in [1.82, 2.24) is 10.2 Å². The highest BCUT2D eigenvalue weighted by atomic mass is 16.5. The standard InChI is InChI=1S/C17H26N2O3/c1-14-15(5-10-22-14)16(20)18-13-17(6-3-2-4-7-17)19-8-11-21-12-9-19/h5,10H,2-4,6-9,11-13H2,1H3,(H,18,20). The Labute approximate surface area is 132 Å². The van der Waals surface area contributed by atoms with Gasteiger partial charge in [-0.25, -0.2) is 0 Å². The van der Waals surface area contributed by atoms with Crippen LogP contribution in [0.3, 0.4) is 0 Å². The van der Waals surface area contributed by atoms with Crippen LogP contribution in [0.15, 0.2) is 16.7 Å².